The number of nitrogens with zero attached hydrogens (tertiary/aromatic N) is 1. The summed E-state index contributed by atoms with van der Waals surface area (Å²) in [5, 5.41) is 0. The molecule has 0 amide bonds. The zero-order valence-corrected chi connectivity index (χ0v) is 12.6. The minimum Gasteiger partial charge on any atom is -0.497 e. The summed E-state index contributed by atoms with van der Waals surface area (Å²) < 4.78 is 10.4. The Kier molecular flexibility index (Phi) is 4.34. The fraction of sp³-hybridized carbons (Fsp3) is 0.0526. The average molecular weight is 305 g/mol. The average Bonchev–Trinajstić information content (AvgIpc) is 2.97. The number of cyclic esters (lactones) is 1. The van der Waals surface area contributed by atoms with Gasteiger partial charge in [-0.25, -0.2) is 9.79 Å². The molecule has 0 saturated heterocycles. The highest BCUT2D eigenvalue weighted by atomic mass is 16.6. The normalized spacial score (nSPS) is 15.8. The lowest BCUT2D eigenvalue weighted by molar-refractivity contribution is -0.130. The van der Waals surface area contributed by atoms with E-state index in [1.165, 1.54) is 0 Å². The van der Waals surface area contributed by atoms with Gasteiger partial charge in [0.25, 0.3) is 0 Å². The van der Waals surface area contributed by atoms with Gasteiger partial charge in [-0.05, 0) is 29.8 Å². The Labute approximate surface area is 134 Å². The predicted molar refractivity (Wildman–Crippen MR) is 89.2 cm³/mol. The van der Waals surface area contributed by atoms with E-state index in [1.807, 2.05) is 54.6 Å². The Balaban J connectivity index is 1.80. The number of aliphatic imine (C=N–C) groups is 1. The van der Waals surface area contributed by atoms with Crippen molar-refractivity contribution in [1.29, 1.82) is 0 Å². The van der Waals surface area contributed by atoms with Gasteiger partial charge in [0.05, 0.1) is 7.11 Å². The van der Waals surface area contributed by atoms with Gasteiger partial charge < -0.3 is 9.47 Å². The maximum atomic E-state index is 11.9. The highest BCUT2D eigenvalue weighted by Gasteiger charge is 2.23. The van der Waals surface area contributed by atoms with E-state index < -0.39 is 5.97 Å². The molecule has 2 aromatic carbocycles. The molecule has 0 bridgehead atoms. The summed E-state index contributed by atoms with van der Waals surface area (Å²) in [6.07, 6.45) is 5.33. The highest BCUT2D eigenvalue weighted by molar-refractivity contribution is 6.11. The smallest absolute Gasteiger partial charge is 0.363 e. The molecule has 0 radical (unpaired) electrons. The number of ether oxygens (including phenoxy) is 2. The van der Waals surface area contributed by atoms with Gasteiger partial charge in [0.15, 0.2) is 5.70 Å². The third kappa shape index (κ3) is 3.55. The maximum absolute atomic E-state index is 11.9. The molecule has 0 atom stereocenters. The van der Waals surface area contributed by atoms with Crippen molar-refractivity contribution in [3.8, 4) is 5.75 Å². The minimum absolute atomic E-state index is 0.273. The number of allylic oxidation sites excluding steroid dienone is 2. The number of benzene rings is 2. The first-order chi connectivity index (χ1) is 11.3. The van der Waals surface area contributed by atoms with E-state index in [4.69, 9.17) is 9.47 Å². The number of hydrogen-bond donors (Lipinski definition) is 0. The highest BCUT2D eigenvalue weighted by Crippen LogP contribution is 2.20. The van der Waals surface area contributed by atoms with E-state index in [2.05, 4.69) is 4.99 Å². The molecule has 0 aliphatic carbocycles. The quantitative estimate of drug-likeness (QED) is 0.640. The van der Waals surface area contributed by atoms with Crippen molar-refractivity contribution in [3.05, 3.63) is 83.6 Å². The van der Waals surface area contributed by atoms with E-state index in [0.29, 0.717) is 11.3 Å². The summed E-state index contributed by atoms with van der Waals surface area (Å²) in [4.78, 5) is 16.1. The molecule has 0 N–H and O–H groups in total. The topological polar surface area (TPSA) is 47.9 Å². The standard InChI is InChI=1S/C19H15NO3/c1-22-16-11-6-10-15(13-16)18-20-17(19(21)23-18)12-5-9-14-7-3-2-4-8-14/h2-13H,1H3. The van der Waals surface area contributed by atoms with E-state index >= 15 is 0 Å². The monoisotopic (exact) mass is 305 g/mol. The zero-order chi connectivity index (χ0) is 16.1. The lowest BCUT2D eigenvalue weighted by Crippen LogP contribution is -2.05. The van der Waals surface area contributed by atoms with Crippen LogP contribution in [0.5, 0.6) is 5.75 Å². The Hall–Kier alpha value is -3.14. The maximum Gasteiger partial charge on any atom is 0.363 e. The van der Waals surface area contributed by atoms with Crippen LogP contribution >= 0.6 is 0 Å². The second-order valence-corrected chi connectivity index (χ2v) is 4.86. The van der Waals surface area contributed by atoms with E-state index in [-0.39, 0.29) is 11.6 Å². The summed E-state index contributed by atoms with van der Waals surface area (Å²) in [6.45, 7) is 0. The van der Waals surface area contributed by atoms with Gasteiger partial charge >= 0.3 is 5.97 Å². The van der Waals surface area contributed by atoms with Crippen LogP contribution in [0.4, 0.5) is 0 Å². The fourth-order valence-electron chi connectivity index (χ4n) is 2.12. The van der Waals surface area contributed by atoms with Crippen molar-refractivity contribution in [1.82, 2.24) is 0 Å². The molecule has 114 valence electrons. The second-order valence-electron chi connectivity index (χ2n) is 4.86. The van der Waals surface area contributed by atoms with Crippen LogP contribution in [0.3, 0.4) is 0 Å². The van der Waals surface area contributed by atoms with Crippen molar-refractivity contribution in [2.75, 3.05) is 7.11 Å². The van der Waals surface area contributed by atoms with Crippen molar-refractivity contribution < 1.29 is 14.3 Å². The molecular formula is C19H15NO3. The Morgan fingerprint density at radius 2 is 1.91 bits per heavy atom. The van der Waals surface area contributed by atoms with E-state index in [9.17, 15) is 4.79 Å². The number of carbonyl (C=O) groups is 1. The van der Waals surface area contributed by atoms with Crippen LogP contribution in [0.2, 0.25) is 0 Å². The Morgan fingerprint density at radius 1 is 1.09 bits per heavy atom. The SMILES string of the molecule is COc1cccc(C2=NC(=CC=Cc3ccccc3)C(=O)O2)c1. The molecule has 0 aromatic heterocycles. The van der Waals surface area contributed by atoms with Crippen LogP contribution in [-0.2, 0) is 9.53 Å². The first-order valence-corrected chi connectivity index (χ1v) is 7.15. The summed E-state index contributed by atoms with van der Waals surface area (Å²) >= 11 is 0. The number of methoxy groups -OCH3 is 1. The zero-order valence-electron chi connectivity index (χ0n) is 12.6. The van der Waals surface area contributed by atoms with Gasteiger partial charge in [0.1, 0.15) is 5.75 Å². The summed E-state index contributed by atoms with van der Waals surface area (Å²) in [5.74, 6) is 0.511. The lowest BCUT2D eigenvalue weighted by Gasteiger charge is -2.02. The number of esters is 1. The van der Waals surface area contributed by atoms with Gasteiger partial charge in [0.2, 0.25) is 5.90 Å². The molecule has 0 spiro atoms. The van der Waals surface area contributed by atoms with Crippen LogP contribution in [0, 0.1) is 0 Å². The molecule has 1 aliphatic rings. The molecule has 1 heterocycles. The first kappa shape index (κ1) is 14.8. The largest absolute Gasteiger partial charge is 0.497 e. The molecule has 2 aromatic rings. The number of rotatable bonds is 4. The lowest BCUT2D eigenvalue weighted by atomic mass is 10.2. The molecule has 3 rings (SSSR count). The third-order valence-corrected chi connectivity index (χ3v) is 3.28. The van der Waals surface area contributed by atoms with Crippen molar-refractivity contribution in [2.45, 2.75) is 0 Å². The van der Waals surface area contributed by atoms with Gasteiger partial charge in [-0.3, -0.25) is 0 Å². The molecule has 0 fully saturated rings. The summed E-state index contributed by atoms with van der Waals surface area (Å²) in [7, 11) is 1.58. The van der Waals surface area contributed by atoms with E-state index in [0.717, 1.165) is 5.56 Å². The van der Waals surface area contributed by atoms with Gasteiger partial charge in [-0.15, -0.1) is 0 Å². The van der Waals surface area contributed by atoms with Crippen molar-refractivity contribution >= 4 is 17.9 Å². The van der Waals surface area contributed by atoms with E-state index in [1.54, 1.807) is 25.3 Å². The Bertz CT molecular complexity index is 804. The molecule has 0 unspecified atom stereocenters. The van der Waals surface area contributed by atoms with Crippen LogP contribution in [0.15, 0.2) is 77.4 Å². The van der Waals surface area contributed by atoms with Gasteiger partial charge in [-0.2, -0.15) is 0 Å². The molecule has 23 heavy (non-hydrogen) atoms. The molecule has 4 heteroatoms. The van der Waals surface area contributed by atoms with Crippen LogP contribution in [0.25, 0.3) is 6.08 Å². The molecule has 4 nitrogen and oxygen atoms in total. The van der Waals surface area contributed by atoms with Crippen LogP contribution in [0.1, 0.15) is 11.1 Å². The fourth-order valence-corrected chi connectivity index (χ4v) is 2.12. The molecular weight excluding hydrogens is 290 g/mol. The second kappa shape index (κ2) is 6.75. The molecule has 0 saturated carbocycles. The Morgan fingerprint density at radius 3 is 2.70 bits per heavy atom. The predicted octanol–water partition coefficient (Wildman–Crippen LogP) is 3.60. The van der Waals surface area contributed by atoms with Gasteiger partial charge in [-0.1, -0.05) is 48.6 Å². The minimum atomic E-state index is -0.458. The van der Waals surface area contributed by atoms with Crippen LogP contribution in [-0.4, -0.2) is 19.0 Å². The van der Waals surface area contributed by atoms with Crippen LogP contribution < -0.4 is 4.74 Å². The van der Waals surface area contributed by atoms with Crippen molar-refractivity contribution in [2.24, 2.45) is 4.99 Å². The first-order valence-electron chi connectivity index (χ1n) is 7.15. The number of carbonyl (C=O) groups excluding carboxylic acids is 1. The summed E-state index contributed by atoms with van der Waals surface area (Å²) in [6, 6.07) is 17.0. The van der Waals surface area contributed by atoms with Crippen molar-refractivity contribution in [3.63, 3.8) is 0 Å². The summed E-state index contributed by atoms with van der Waals surface area (Å²) in [5.41, 5.74) is 2.02. The molecule has 1 aliphatic heterocycles. The number of hydrogen-bond acceptors (Lipinski definition) is 4. The third-order valence-electron chi connectivity index (χ3n) is 3.28. The van der Waals surface area contributed by atoms with Gasteiger partial charge in [0, 0.05) is 5.56 Å².